The summed E-state index contributed by atoms with van der Waals surface area (Å²) in [6.45, 7) is 4.70. The van der Waals surface area contributed by atoms with Crippen molar-refractivity contribution < 1.29 is 9.90 Å². The van der Waals surface area contributed by atoms with E-state index in [1.165, 1.54) is 0 Å². The number of likely N-dealkylation sites (tertiary alicyclic amines) is 1. The summed E-state index contributed by atoms with van der Waals surface area (Å²) >= 11 is 0. The van der Waals surface area contributed by atoms with Crippen LogP contribution < -0.4 is 0 Å². The van der Waals surface area contributed by atoms with Crippen LogP contribution in [0.2, 0.25) is 0 Å². The number of amides is 1. The number of rotatable bonds is 2. The van der Waals surface area contributed by atoms with E-state index in [-0.39, 0.29) is 18.6 Å². The summed E-state index contributed by atoms with van der Waals surface area (Å²) < 4.78 is 0. The van der Waals surface area contributed by atoms with Gasteiger partial charge in [0.15, 0.2) is 0 Å². The Morgan fingerprint density at radius 3 is 2.87 bits per heavy atom. The number of fused-ring (bicyclic) bond motifs is 1. The van der Waals surface area contributed by atoms with Crippen LogP contribution in [-0.4, -0.2) is 40.1 Å². The van der Waals surface area contributed by atoms with Gasteiger partial charge in [0.05, 0.1) is 23.7 Å². The molecule has 0 bridgehead atoms. The van der Waals surface area contributed by atoms with Crippen molar-refractivity contribution in [1.82, 2.24) is 9.88 Å². The van der Waals surface area contributed by atoms with Gasteiger partial charge in [-0.05, 0) is 44.9 Å². The fourth-order valence-corrected chi connectivity index (χ4v) is 3.44. The highest BCUT2D eigenvalue weighted by Crippen LogP contribution is 2.25. The van der Waals surface area contributed by atoms with Gasteiger partial charge in [-0.3, -0.25) is 9.78 Å². The summed E-state index contributed by atoms with van der Waals surface area (Å²) in [4.78, 5) is 19.6. The Morgan fingerprint density at radius 1 is 1.26 bits per heavy atom. The van der Waals surface area contributed by atoms with Crippen molar-refractivity contribution >= 4 is 16.8 Å². The Kier molecular flexibility index (Phi) is 4.62. The normalized spacial score (nSPS) is 18.9. The first kappa shape index (κ1) is 15.9. The average molecular weight is 312 g/mol. The number of benzene rings is 1. The smallest absolute Gasteiger partial charge is 0.254 e. The standard InChI is InChI=1S/C19H24N2O2/c1-13-7-8-18-16(10-13)17(11-14(2)20-18)19(23)21-9-5-3-4-6-15(21)12-22/h7-8,10-11,15,22H,3-6,9,12H2,1-2H3/t15-/m0/s1. The van der Waals surface area contributed by atoms with E-state index in [1.54, 1.807) is 0 Å². The molecule has 1 N–H and O–H groups in total. The molecule has 23 heavy (non-hydrogen) atoms. The zero-order valence-corrected chi connectivity index (χ0v) is 13.9. The van der Waals surface area contributed by atoms with Gasteiger partial charge in [-0.15, -0.1) is 0 Å². The Hall–Kier alpha value is -1.94. The molecule has 1 aromatic heterocycles. The molecule has 1 aromatic carbocycles. The third-order valence-corrected chi connectivity index (χ3v) is 4.67. The van der Waals surface area contributed by atoms with Crippen LogP contribution in [0.15, 0.2) is 24.3 Å². The highest BCUT2D eigenvalue weighted by Gasteiger charge is 2.27. The van der Waals surface area contributed by atoms with Gasteiger partial charge in [-0.2, -0.15) is 0 Å². The molecule has 0 unspecified atom stereocenters. The molecule has 1 atom stereocenters. The summed E-state index contributed by atoms with van der Waals surface area (Å²) in [5.74, 6) is 0.0204. The number of aliphatic hydroxyl groups is 1. The minimum Gasteiger partial charge on any atom is -0.394 e. The fraction of sp³-hybridized carbons (Fsp3) is 0.474. The van der Waals surface area contributed by atoms with E-state index in [0.717, 1.165) is 54.4 Å². The third kappa shape index (κ3) is 3.22. The number of carbonyl (C=O) groups is 1. The van der Waals surface area contributed by atoms with Crippen LogP contribution in [-0.2, 0) is 0 Å². The number of nitrogens with zero attached hydrogens (tertiary/aromatic N) is 2. The first-order chi connectivity index (χ1) is 11.1. The Balaban J connectivity index is 2.07. The lowest BCUT2D eigenvalue weighted by molar-refractivity contribution is 0.0601. The van der Waals surface area contributed by atoms with Gasteiger partial charge in [0.1, 0.15) is 0 Å². The quantitative estimate of drug-likeness (QED) is 0.926. The van der Waals surface area contributed by atoms with Crippen LogP contribution in [0.4, 0.5) is 0 Å². The number of carbonyl (C=O) groups excluding carboxylic acids is 1. The lowest BCUT2D eigenvalue weighted by Gasteiger charge is -2.29. The average Bonchev–Trinajstić information content (AvgIpc) is 2.79. The van der Waals surface area contributed by atoms with Crippen LogP contribution in [0, 0.1) is 13.8 Å². The van der Waals surface area contributed by atoms with Crippen LogP contribution in [0.1, 0.15) is 47.3 Å². The van der Waals surface area contributed by atoms with Crippen LogP contribution in [0.5, 0.6) is 0 Å². The maximum Gasteiger partial charge on any atom is 0.254 e. The molecular weight excluding hydrogens is 288 g/mol. The summed E-state index contributed by atoms with van der Waals surface area (Å²) in [6.07, 6.45) is 4.08. The molecule has 2 aromatic rings. The van der Waals surface area contributed by atoms with E-state index in [0.29, 0.717) is 5.56 Å². The fourth-order valence-electron chi connectivity index (χ4n) is 3.44. The Morgan fingerprint density at radius 2 is 2.09 bits per heavy atom. The molecule has 2 heterocycles. The van der Waals surface area contributed by atoms with Gasteiger partial charge >= 0.3 is 0 Å². The van der Waals surface area contributed by atoms with Gasteiger partial charge in [0.25, 0.3) is 5.91 Å². The number of hydrogen-bond acceptors (Lipinski definition) is 3. The SMILES string of the molecule is Cc1ccc2nc(C)cc(C(=O)N3CCCCC[C@H]3CO)c2c1. The summed E-state index contributed by atoms with van der Waals surface area (Å²) in [7, 11) is 0. The largest absolute Gasteiger partial charge is 0.394 e. The predicted molar refractivity (Wildman–Crippen MR) is 91.6 cm³/mol. The molecule has 4 heteroatoms. The molecule has 0 saturated carbocycles. The summed E-state index contributed by atoms with van der Waals surface area (Å²) in [6, 6.07) is 7.83. The van der Waals surface area contributed by atoms with Gasteiger partial charge < -0.3 is 10.0 Å². The topological polar surface area (TPSA) is 53.4 Å². The van der Waals surface area contributed by atoms with E-state index in [1.807, 2.05) is 43.0 Å². The first-order valence-corrected chi connectivity index (χ1v) is 8.40. The van der Waals surface area contributed by atoms with Crippen molar-refractivity contribution in [2.75, 3.05) is 13.2 Å². The second kappa shape index (κ2) is 6.67. The molecule has 4 nitrogen and oxygen atoms in total. The molecule has 1 aliphatic heterocycles. The number of hydrogen-bond donors (Lipinski definition) is 1. The number of pyridine rings is 1. The molecule has 0 radical (unpaired) electrons. The molecule has 1 fully saturated rings. The lowest BCUT2D eigenvalue weighted by Crippen LogP contribution is -2.42. The second-order valence-electron chi connectivity index (χ2n) is 6.52. The van der Waals surface area contributed by atoms with Gasteiger partial charge in [-0.25, -0.2) is 0 Å². The van der Waals surface area contributed by atoms with Crippen molar-refractivity contribution in [2.24, 2.45) is 0 Å². The number of aliphatic hydroxyl groups excluding tert-OH is 1. The Labute approximate surface area is 137 Å². The van der Waals surface area contributed by atoms with Gasteiger partial charge in [-0.1, -0.05) is 24.5 Å². The Bertz CT molecular complexity index is 727. The van der Waals surface area contributed by atoms with E-state index >= 15 is 0 Å². The van der Waals surface area contributed by atoms with E-state index in [2.05, 4.69) is 4.98 Å². The summed E-state index contributed by atoms with van der Waals surface area (Å²) in [5.41, 5.74) is 3.53. The molecule has 3 rings (SSSR count). The summed E-state index contributed by atoms with van der Waals surface area (Å²) in [5, 5.41) is 10.6. The third-order valence-electron chi connectivity index (χ3n) is 4.67. The predicted octanol–water partition coefficient (Wildman–Crippen LogP) is 3.23. The highest BCUT2D eigenvalue weighted by molar-refractivity contribution is 6.06. The maximum atomic E-state index is 13.2. The minimum atomic E-state index is -0.0710. The molecule has 122 valence electrons. The zero-order chi connectivity index (χ0) is 16.4. The van der Waals surface area contributed by atoms with Crippen molar-refractivity contribution in [2.45, 2.75) is 45.6 Å². The van der Waals surface area contributed by atoms with Crippen LogP contribution in [0.25, 0.3) is 10.9 Å². The molecule has 0 spiro atoms. The lowest BCUT2D eigenvalue weighted by atomic mass is 10.0. The number of aryl methyl sites for hydroxylation is 2. The maximum absolute atomic E-state index is 13.2. The monoisotopic (exact) mass is 312 g/mol. The van der Waals surface area contributed by atoms with E-state index in [9.17, 15) is 9.90 Å². The molecule has 0 aliphatic carbocycles. The molecular formula is C19H24N2O2. The first-order valence-electron chi connectivity index (χ1n) is 8.40. The van der Waals surface area contributed by atoms with E-state index < -0.39 is 0 Å². The molecule has 1 aliphatic rings. The van der Waals surface area contributed by atoms with Gasteiger partial charge in [0.2, 0.25) is 0 Å². The minimum absolute atomic E-state index is 0.0204. The van der Waals surface area contributed by atoms with Crippen molar-refractivity contribution in [3.8, 4) is 0 Å². The van der Waals surface area contributed by atoms with Crippen LogP contribution in [0.3, 0.4) is 0 Å². The van der Waals surface area contributed by atoms with Crippen molar-refractivity contribution in [1.29, 1.82) is 0 Å². The second-order valence-corrected chi connectivity index (χ2v) is 6.52. The van der Waals surface area contributed by atoms with E-state index in [4.69, 9.17) is 0 Å². The zero-order valence-electron chi connectivity index (χ0n) is 13.9. The van der Waals surface area contributed by atoms with Gasteiger partial charge in [0, 0.05) is 17.6 Å². The molecule has 1 amide bonds. The highest BCUT2D eigenvalue weighted by atomic mass is 16.3. The molecule has 1 saturated heterocycles. The number of aromatic nitrogens is 1. The van der Waals surface area contributed by atoms with Crippen LogP contribution >= 0.6 is 0 Å². The van der Waals surface area contributed by atoms with Crippen molar-refractivity contribution in [3.63, 3.8) is 0 Å². The van der Waals surface area contributed by atoms with Crippen molar-refractivity contribution in [3.05, 3.63) is 41.1 Å².